The van der Waals surface area contributed by atoms with Gasteiger partial charge in [0.25, 0.3) is 0 Å². The Morgan fingerprint density at radius 2 is 2.05 bits per heavy atom. The summed E-state index contributed by atoms with van der Waals surface area (Å²) in [6, 6.07) is -1.11. The van der Waals surface area contributed by atoms with Gasteiger partial charge < -0.3 is 20.0 Å². The van der Waals surface area contributed by atoms with Gasteiger partial charge in [-0.05, 0) is 19.8 Å². The number of nitrogens with zero attached hydrogens (tertiary/aromatic N) is 2. The molecule has 0 aromatic heterocycles. The predicted octanol–water partition coefficient (Wildman–Crippen LogP) is 1.53. The molecule has 0 aromatic rings. The molecule has 0 aliphatic carbocycles. The molecule has 0 saturated carbocycles. The number of β-amino-alcohol motifs (C(OH)–C–C–N with tert-alkyl or cyclic N) is 1. The number of likely N-dealkylation sites (tertiary alicyclic amines) is 1. The van der Waals surface area contributed by atoms with Crippen LogP contribution in [0.15, 0.2) is 0 Å². The van der Waals surface area contributed by atoms with E-state index >= 15 is 0 Å². The quantitative estimate of drug-likeness (QED) is 0.776. The largest absolute Gasteiger partial charge is 0.480 e. The molecule has 1 aliphatic rings. The third-order valence-electron chi connectivity index (χ3n) is 3.93. The van der Waals surface area contributed by atoms with E-state index in [9.17, 15) is 19.8 Å². The van der Waals surface area contributed by atoms with E-state index in [0.29, 0.717) is 6.54 Å². The van der Waals surface area contributed by atoms with E-state index in [4.69, 9.17) is 0 Å². The summed E-state index contributed by atoms with van der Waals surface area (Å²) < 4.78 is 0. The molecule has 1 fully saturated rings. The maximum Gasteiger partial charge on any atom is 0.326 e. The average Bonchev–Trinajstić information content (AvgIpc) is 2.80. The number of hydrogen-bond donors (Lipinski definition) is 2. The monoisotopic (exact) mass is 286 g/mol. The van der Waals surface area contributed by atoms with Crippen molar-refractivity contribution in [1.29, 1.82) is 0 Å². The van der Waals surface area contributed by atoms with Crippen LogP contribution in [0.1, 0.15) is 46.5 Å². The van der Waals surface area contributed by atoms with E-state index in [2.05, 4.69) is 6.92 Å². The van der Waals surface area contributed by atoms with Crippen LogP contribution in [0.4, 0.5) is 4.79 Å². The molecule has 1 heterocycles. The van der Waals surface area contributed by atoms with Crippen LogP contribution in [-0.4, -0.2) is 63.3 Å². The van der Waals surface area contributed by atoms with Crippen LogP contribution < -0.4 is 0 Å². The number of carbonyl (C=O) groups excluding carboxylic acids is 1. The smallest absolute Gasteiger partial charge is 0.326 e. The summed E-state index contributed by atoms with van der Waals surface area (Å²) in [5.74, 6) is -1.05. The molecule has 1 aliphatic heterocycles. The zero-order valence-corrected chi connectivity index (χ0v) is 12.6. The van der Waals surface area contributed by atoms with Crippen molar-refractivity contribution in [3.05, 3.63) is 0 Å². The fraction of sp³-hybridized carbons (Fsp3) is 0.857. The number of carbonyl (C=O) groups is 2. The van der Waals surface area contributed by atoms with Gasteiger partial charge in [0.1, 0.15) is 6.04 Å². The molecule has 1 saturated heterocycles. The van der Waals surface area contributed by atoms with Gasteiger partial charge in [-0.3, -0.25) is 0 Å². The molecule has 0 bridgehead atoms. The Labute approximate surface area is 120 Å². The van der Waals surface area contributed by atoms with Crippen LogP contribution in [0, 0.1) is 0 Å². The Hall–Kier alpha value is -1.30. The van der Waals surface area contributed by atoms with Crippen LogP contribution in [0.3, 0.4) is 0 Å². The van der Waals surface area contributed by atoms with Gasteiger partial charge in [-0.1, -0.05) is 20.3 Å². The fourth-order valence-corrected chi connectivity index (χ4v) is 2.48. The third kappa shape index (κ3) is 3.85. The third-order valence-corrected chi connectivity index (χ3v) is 3.93. The second-order valence-electron chi connectivity index (χ2n) is 5.48. The van der Waals surface area contributed by atoms with Gasteiger partial charge in [-0.15, -0.1) is 0 Å². The first kappa shape index (κ1) is 16.8. The summed E-state index contributed by atoms with van der Waals surface area (Å²) in [4.78, 5) is 26.8. The summed E-state index contributed by atoms with van der Waals surface area (Å²) in [7, 11) is 0. The number of rotatable bonds is 6. The molecule has 2 amide bonds. The van der Waals surface area contributed by atoms with Crippen LogP contribution in [-0.2, 0) is 4.79 Å². The van der Waals surface area contributed by atoms with Crippen molar-refractivity contribution in [2.45, 2.75) is 64.6 Å². The molecular weight excluding hydrogens is 260 g/mol. The zero-order valence-electron chi connectivity index (χ0n) is 12.6. The normalized spacial score (nSPS) is 23.7. The van der Waals surface area contributed by atoms with E-state index < -0.39 is 18.1 Å². The molecular formula is C14H26N2O4. The first-order valence-electron chi connectivity index (χ1n) is 7.40. The molecule has 6 nitrogen and oxygen atoms in total. The molecule has 2 unspecified atom stereocenters. The molecule has 116 valence electrons. The second-order valence-corrected chi connectivity index (χ2v) is 5.48. The summed E-state index contributed by atoms with van der Waals surface area (Å²) >= 11 is 0. The number of carboxylic acid groups (broad SMARTS) is 1. The Morgan fingerprint density at radius 1 is 1.40 bits per heavy atom. The second kappa shape index (κ2) is 7.47. The minimum atomic E-state index is -1.05. The maximum atomic E-state index is 12.6. The minimum absolute atomic E-state index is 0.0706. The Bertz CT molecular complexity index is 348. The Balaban J connectivity index is 2.84. The topological polar surface area (TPSA) is 81.1 Å². The van der Waals surface area contributed by atoms with E-state index in [1.807, 2.05) is 13.8 Å². The number of urea groups is 1. The van der Waals surface area contributed by atoms with Crippen LogP contribution in [0.5, 0.6) is 0 Å². The highest BCUT2D eigenvalue weighted by molar-refractivity contribution is 5.83. The number of aliphatic hydroxyl groups is 1. The van der Waals surface area contributed by atoms with Crippen molar-refractivity contribution in [1.82, 2.24) is 9.80 Å². The van der Waals surface area contributed by atoms with Gasteiger partial charge in [-0.2, -0.15) is 0 Å². The number of aliphatic hydroxyl groups excluding tert-OH is 1. The highest BCUT2D eigenvalue weighted by Crippen LogP contribution is 2.21. The van der Waals surface area contributed by atoms with Gasteiger partial charge in [0, 0.05) is 25.6 Å². The van der Waals surface area contributed by atoms with Crippen molar-refractivity contribution in [2.75, 3.05) is 13.1 Å². The van der Waals surface area contributed by atoms with Crippen molar-refractivity contribution in [3.8, 4) is 0 Å². The lowest BCUT2D eigenvalue weighted by Gasteiger charge is -2.34. The van der Waals surface area contributed by atoms with Crippen molar-refractivity contribution in [3.63, 3.8) is 0 Å². The van der Waals surface area contributed by atoms with E-state index in [1.54, 1.807) is 4.90 Å². The average molecular weight is 286 g/mol. The molecule has 0 radical (unpaired) electrons. The zero-order chi connectivity index (χ0) is 15.3. The SMILES string of the molecule is CCCCN(C(=O)N1CC(O)C[C@H]1C(=O)O)C(C)CC. The predicted molar refractivity (Wildman–Crippen MR) is 75.5 cm³/mol. The molecule has 0 aromatic carbocycles. The summed E-state index contributed by atoms with van der Waals surface area (Å²) in [5.41, 5.74) is 0. The van der Waals surface area contributed by atoms with Crippen LogP contribution in [0.2, 0.25) is 0 Å². The highest BCUT2D eigenvalue weighted by Gasteiger charge is 2.41. The number of hydrogen-bond acceptors (Lipinski definition) is 3. The fourth-order valence-electron chi connectivity index (χ4n) is 2.48. The first-order chi connectivity index (χ1) is 9.42. The maximum absolute atomic E-state index is 12.6. The summed E-state index contributed by atoms with van der Waals surface area (Å²) in [6.45, 7) is 6.76. The molecule has 6 heteroatoms. The van der Waals surface area contributed by atoms with Gasteiger partial charge >= 0.3 is 12.0 Å². The molecule has 0 spiro atoms. The molecule has 2 N–H and O–H groups in total. The lowest BCUT2D eigenvalue weighted by Crippen LogP contribution is -2.51. The molecule has 20 heavy (non-hydrogen) atoms. The lowest BCUT2D eigenvalue weighted by molar-refractivity contribution is -0.141. The Morgan fingerprint density at radius 3 is 2.55 bits per heavy atom. The lowest BCUT2D eigenvalue weighted by atomic mass is 10.2. The number of carboxylic acids is 1. The van der Waals surface area contributed by atoms with Crippen molar-refractivity contribution >= 4 is 12.0 Å². The standard InChI is InChI=1S/C14H26N2O4/c1-4-6-7-15(10(3)5-2)14(20)16-9-11(17)8-12(16)13(18)19/h10-12,17H,4-9H2,1-3H3,(H,18,19)/t10?,11?,12-/m0/s1. The van der Waals surface area contributed by atoms with Gasteiger partial charge in [0.05, 0.1) is 6.10 Å². The molecule has 1 rings (SSSR count). The summed E-state index contributed by atoms with van der Waals surface area (Å²) in [6.07, 6.45) is 2.06. The molecule has 3 atom stereocenters. The van der Waals surface area contributed by atoms with E-state index in [1.165, 1.54) is 4.90 Å². The van der Waals surface area contributed by atoms with Crippen molar-refractivity contribution in [2.24, 2.45) is 0 Å². The summed E-state index contributed by atoms with van der Waals surface area (Å²) in [5, 5.41) is 18.8. The number of aliphatic carboxylic acids is 1. The minimum Gasteiger partial charge on any atom is -0.480 e. The number of unbranched alkanes of at least 4 members (excludes halogenated alkanes) is 1. The van der Waals surface area contributed by atoms with E-state index in [-0.39, 0.29) is 25.0 Å². The van der Waals surface area contributed by atoms with Gasteiger partial charge in [0.2, 0.25) is 0 Å². The van der Waals surface area contributed by atoms with Crippen molar-refractivity contribution < 1.29 is 19.8 Å². The highest BCUT2D eigenvalue weighted by atomic mass is 16.4. The van der Waals surface area contributed by atoms with Gasteiger partial charge in [-0.25, -0.2) is 9.59 Å². The first-order valence-corrected chi connectivity index (χ1v) is 7.40. The Kier molecular flexibility index (Phi) is 6.26. The number of amides is 2. The van der Waals surface area contributed by atoms with Crippen LogP contribution in [0.25, 0.3) is 0 Å². The van der Waals surface area contributed by atoms with Crippen LogP contribution >= 0.6 is 0 Å². The van der Waals surface area contributed by atoms with E-state index in [0.717, 1.165) is 19.3 Å². The van der Waals surface area contributed by atoms with Gasteiger partial charge in [0.15, 0.2) is 0 Å².